The van der Waals surface area contributed by atoms with Crippen LogP contribution in [-0.4, -0.2) is 4.57 Å². The van der Waals surface area contributed by atoms with Crippen LogP contribution < -0.4 is 11.3 Å². The van der Waals surface area contributed by atoms with Gasteiger partial charge in [0.05, 0.1) is 5.69 Å². The zero-order valence-electron chi connectivity index (χ0n) is 10.6. The lowest BCUT2D eigenvalue weighted by molar-refractivity contribution is 0.339. The lowest BCUT2D eigenvalue weighted by Gasteiger charge is -2.27. The van der Waals surface area contributed by atoms with Gasteiger partial charge in [-0.1, -0.05) is 32.6 Å². The molecular formula is C14H22N2O. The second-order valence-corrected chi connectivity index (χ2v) is 5.00. The summed E-state index contributed by atoms with van der Waals surface area (Å²) in [4.78, 5) is 12.2. The van der Waals surface area contributed by atoms with Crippen LogP contribution in [0.25, 0.3) is 0 Å². The minimum Gasteiger partial charge on any atom is -0.394 e. The molecule has 0 amide bonds. The van der Waals surface area contributed by atoms with E-state index < -0.39 is 0 Å². The highest BCUT2D eigenvalue weighted by Gasteiger charge is 2.19. The Balaban J connectivity index is 2.40. The number of nitrogen functional groups attached to an aromatic ring is 1. The SMILES string of the molecule is CCCc1ccc(N)c(=O)n1C1CCCCC1. The van der Waals surface area contributed by atoms with Gasteiger partial charge in [-0.15, -0.1) is 0 Å². The minimum absolute atomic E-state index is 0.0165. The van der Waals surface area contributed by atoms with E-state index in [0.717, 1.165) is 31.4 Å². The summed E-state index contributed by atoms with van der Waals surface area (Å²) in [6.45, 7) is 2.14. The van der Waals surface area contributed by atoms with Gasteiger partial charge in [-0.05, 0) is 31.4 Å². The third kappa shape index (κ3) is 2.54. The highest BCUT2D eigenvalue weighted by atomic mass is 16.1. The van der Waals surface area contributed by atoms with E-state index in [1.54, 1.807) is 6.07 Å². The maximum Gasteiger partial charge on any atom is 0.274 e. The number of anilines is 1. The summed E-state index contributed by atoms with van der Waals surface area (Å²) in [5, 5.41) is 0. The van der Waals surface area contributed by atoms with Gasteiger partial charge < -0.3 is 10.3 Å². The van der Waals surface area contributed by atoms with Crippen molar-refractivity contribution >= 4 is 5.69 Å². The Bertz CT molecular complexity index is 430. The Labute approximate surface area is 103 Å². The van der Waals surface area contributed by atoms with Gasteiger partial charge >= 0.3 is 0 Å². The second-order valence-electron chi connectivity index (χ2n) is 5.00. The molecule has 94 valence electrons. The van der Waals surface area contributed by atoms with Crippen LogP contribution in [0.1, 0.15) is 57.2 Å². The van der Waals surface area contributed by atoms with E-state index in [-0.39, 0.29) is 5.56 Å². The van der Waals surface area contributed by atoms with Crippen molar-refractivity contribution in [3.63, 3.8) is 0 Å². The number of pyridine rings is 1. The van der Waals surface area contributed by atoms with Crippen LogP contribution in [0.15, 0.2) is 16.9 Å². The lowest BCUT2D eigenvalue weighted by Crippen LogP contribution is -2.30. The molecule has 0 atom stereocenters. The molecule has 0 unspecified atom stereocenters. The van der Waals surface area contributed by atoms with E-state index in [1.165, 1.54) is 19.3 Å². The third-order valence-corrected chi connectivity index (χ3v) is 3.68. The molecule has 0 bridgehead atoms. The molecule has 1 aliphatic rings. The molecule has 1 aromatic heterocycles. The summed E-state index contributed by atoms with van der Waals surface area (Å²) in [7, 11) is 0. The van der Waals surface area contributed by atoms with Gasteiger partial charge in [-0.2, -0.15) is 0 Å². The number of hydrogen-bond acceptors (Lipinski definition) is 2. The summed E-state index contributed by atoms with van der Waals surface area (Å²) in [5.74, 6) is 0. The number of nitrogens with zero attached hydrogens (tertiary/aromatic N) is 1. The van der Waals surface area contributed by atoms with Crippen molar-refractivity contribution < 1.29 is 0 Å². The molecule has 1 aliphatic carbocycles. The molecule has 2 rings (SSSR count). The lowest BCUT2D eigenvalue weighted by atomic mass is 9.94. The molecule has 2 N–H and O–H groups in total. The van der Waals surface area contributed by atoms with E-state index in [1.807, 2.05) is 10.6 Å². The van der Waals surface area contributed by atoms with Gasteiger partial charge in [-0.25, -0.2) is 0 Å². The van der Waals surface area contributed by atoms with Crippen LogP contribution >= 0.6 is 0 Å². The standard InChI is InChI=1S/C14H22N2O/c1-2-6-11-9-10-13(15)14(17)16(11)12-7-4-3-5-8-12/h9-10,12H,2-8,15H2,1H3. The Morgan fingerprint density at radius 3 is 2.65 bits per heavy atom. The fourth-order valence-corrected chi connectivity index (χ4v) is 2.81. The molecule has 0 aromatic carbocycles. The molecule has 1 heterocycles. The summed E-state index contributed by atoms with van der Waals surface area (Å²) in [6, 6.07) is 4.16. The molecular weight excluding hydrogens is 212 g/mol. The average molecular weight is 234 g/mol. The summed E-state index contributed by atoms with van der Waals surface area (Å²) < 4.78 is 1.97. The summed E-state index contributed by atoms with van der Waals surface area (Å²) >= 11 is 0. The zero-order valence-corrected chi connectivity index (χ0v) is 10.6. The molecule has 0 radical (unpaired) electrons. The molecule has 0 aliphatic heterocycles. The van der Waals surface area contributed by atoms with Crippen molar-refractivity contribution in [2.45, 2.75) is 57.9 Å². The van der Waals surface area contributed by atoms with Crippen molar-refractivity contribution in [1.82, 2.24) is 4.57 Å². The van der Waals surface area contributed by atoms with Crippen LogP contribution in [0.5, 0.6) is 0 Å². The highest BCUT2D eigenvalue weighted by molar-refractivity contribution is 5.36. The minimum atomic E-state index is 0.0165. The predicted octanol–water partition coefficient (Wildman–Crippen LogP) is 2.89. The molecule has 1 saturated carbocycles. The number of aromatic nitrogens is 1. The second kappa shape index (κ2) is 5.39. The number of nitrogens with two attached hydrogens (primary N) is 1. The maximum absolute atomic E-state index is 12.2. The van der Waals surface area contributed by atoms with Crippen LogP contribution in [-0.2, 0) is 6.42 Å². The average Bonchev–Trinajstić information content (AvgIpc) is 2.36. The van der Waals surface area contributed by atoms with Crippen molar-refractivity contribution in [3.8, 4) is 0 Å². The van der Waals surface area contributed by atoms with Crippen molar-refractivity contribution in [2.24, 2.45) is 0 Å². The summed E-state index contributed by atoms with van der Waals surface area (Å²) in [5.41, 5.74) is 7.31. The van der Waals surface area contributed by atoms with Gasteiger partial charge in [0.2, 0.25) is 0 Å². The Morgan fingerprint density at radius 2 is 2.00 bits per heavy atom. The quantitative estimate of drug-likeness (QED) is 0.874. The van der Waals surface area contributed by atoms with Crippen LogP contribution in [0.2, 0.25) is 0 Å². The first-order valence-electron chi connectivity index (χ1n) is 6.74. The van der Waals surface area contributed by atoms with Gasteiger partial charge in [0.25, 0.3) is 5.56 Å². The predicted molar refractivity (Wildman–Crippen MR) is 71.2 cm³/mol. The molecule has 17 heavy (non-hydrogen) atoms. The monoisotopic (exact) mass is 234 g/mol. The van der Waals surface area contributed by atoms with Gasteiger partial charge in [0.15, 0.2) is 0 Å². The van der Waals surface area contributed by atoms with E-state index in [9.17, 15) is 4.79 Å². The Hall–Kier alpha value is -1.25. The van der Waals surface area contributed by atoms with Crippen molar-refractivity contribution in [3.05, 3.63) is 28.2 Å². The Kier molecular flexibility index (Phi) is 3.87. The van der Waals surface area contributed by atoms with Crippen molar-refractivity contribution in [1.29, 1.82) is 0 Å². The smallest absolute Gasteiger partial charge is 0.274 e. The number of aryl methyl sites for hydroxylation is 1. The van der Waals surface area contributed by atoms with Gasteiger partial charge in [-0.3, -0.25) is 4.79 Å². The van der Waals surface area contributed by atoms with Crippen LogP contribution in [0, 0.1) is 0 Å². The first kappa shape index (κ1) is 12.2. The van der Waals surface area contributed by atoms with E-state index in [2.05, 4.69) is 6.92 Å². The first-order valence-corrected chi connectivity index (χ1v) is 6.74. The van der Waals surface area contributed by atoms with Crippen LogP contribution in [0.3, 0.4) is 0 Å². The van der Waals surface area contributed by atoms with Gasteiger partial charge in [0.1, 0.15) is 0 Å². The fraction of sp³-hybridized carbons (Fsp3) is 0.643. The number of hydrogen-bond donors (Lipinski definition) is 1. The van der Waals surface area contributed by atoms with Crippen LogP contribution in [0.4, 0.5) is 5.69 Å². The molecule has 0 spiro atoms. The molecule has 0 saturated heterocycles. The number of rotatable bonds is 3. The largest absolute Gasteiger partial charge is 0.394 e. The summed E-state index contributed by atoms with van der Waals surface area (Å²) in [6.07, 6.45) is 8.05. The van der Waals surface area contributed by atoms with E-state index >= 15 is 0 Å². The van der Waals surface area contributed by atoms with E-state index in [4.69, 9.17) is 5.73 Å². The molecule has 1 aromatic rings. The third-order valence-electron chi connectivity index (χ3n) is 3.68. The topological polar surface area (TPSA) is 48.0 Å². The normalized spacial score (nSPS) is 17.2. The van der Waals surface area contributed by atoms with E-state index in [0.29, 0.717) is 11.7 Å². The van der Waals surface area contributed by atoms with Crippen molar-refractivity contribution in [2.75, 3.05) is 5.73 Å². The maximum atomic E-state index is 12.2. The molecule has 3 nitrogen and oxygen atoms in total. The fourth-order valence-electron chi connectivity index (χ4n) is 2.81. The molecule has 1 fully saturated rings. The first-order chi connectivity index (χ1) is 8.24. The zero-order chi connectivity index (χ0) is 12.3. The van der Waals surface area contributed by atoms with Gasteiger partial charge in [0, 0.05) is 11.7 Å². The molecule has 3 heteroatoms. The Morgan fingerprint density at radius 1 is 1.29 bits per heavy atom. The highest BCUT2D eigenvalue weighted by Crippen LogP contribution is 2.28.